The molecule has 0 bridgehead atoms. The number of rotatable bonds is 5. The lowest BCUT2D eigenvalue weighted by Crippen LogP contribution is -2.52. The Kier molecular flexibility index (Phi) is 6.42. The van der Waals surface area contributed by atoms with E-state index in [0.29, 0.717) is 13.1 Å². The number of nitrogens with zero attached hydrogens (tertiary/aromatic N) is 5. The highest BCUT2D eigenvalue weighted by Gasteiger charge is 2.29. The number of benzene rings is 1. The van der Waals surface area contributed by atoms with Crippen LogP contribution in [0.2, 0.25) is 0 Å². The van der Waals surface area contributed by atoms with Gasteiger partial charge in [-0.05, 0) is 49.3 Å². The van der Waals surface area contributed by atoms with Crippen LogP contribution in [0.1, 0.15) is 48.1 Å². The maximum Gasteiger partial charge on any atom is 0.260 e. The van der Waals surface area contributed by atoms with Gasteiger partial charge in [-0.3, -0.25) is 9.69 Å². The number of carbonyl (C=O) groups is 1. The Balaban J connectivity index is 1.05. The van der Waals surface area contributed by atoms with Gasteiger partial charge in [0, 0.05) is 63.5 Å². The number of aromatic nitrogens is 2. The van der Waals surface area contributed by atoms with Crippen LogP contribution in [0, 0.1) is 0 Å². The molecule has 2 aliphatic carbocycles. The van der Waals surface area contributed by atoms with Gasteiger partial charge in [0.15, 0.2) is 6.61 Å². The minimum Gasteiger partial charge on any atom is -0.483 e. The second-order valence-corrected chi connectivity index (χ2v) is 10.2. The maximum atomic E-state index is 13.0. The van der Waals surface area contributed by atoms with Crippen LogP contribution >= 0.6 is 0 Å². The molecule has 1 saturated carbocycles. The molecule has 35 heavy (non-hydrogen) atoms. The largest absolute Gasteiger partial charge is 0.483 e. The summed E-state index contributed by atoms with van der Waals surface area (Å²) in [5, 5.41) is 0. The first-order valence-electron chi connectivity index (χ1n) is 13.3. The van der Waals surface area contributed by atoms with Gasteiger partial charge in [-0.2, -0.15) is 0 Å². The molecule has 1 saturated heterocycles. The molecule has 0 atom stereocenters. The Morgan fingerprint density at radius 1 is 1.03 bits per heavy atom. The number of ether oxygens (including phenoxy) is 1. The van der Waals surface area contributed by atoms with Crippen molar-refractivity contribution in [3.05, 3.63) is 52.9 Å². The van der Waals surface area contributed by atoms with Gasteiger partial charge < -0.3 is 14.5 Å². The molecule has 7 nitrogen and oxygen atoms in total. The third-order valence-corrected chi connectivity index (χ3v) is 8.13. The molecule has 1 aromatic heterocycles. The van der Waals surface area contributed by atoms with Crippen molar-refractivity contribution in [2.45, 2.75) is 51.0 Å². The van der Waals surface area contributed by atoms with Crippen molar-refractivity contribution in [3.63, 3.8) is 0 Å². The number of carbonyl (C=O) groups excluding carboxylic acids is 1. The summed E-state index contributed by atoms with van der Waals surface area (Å²) in [4.78, 5) is 29.6. The molecule has 2 aliphatic heterocycles. The van der Waals surface area contributed by atoms with Crippen LogP contribution in [0.25, 0.3) is 6.08 Å². The number of piperazine rings is 1. The van der Waals surface area contributed by atoms with Gasteiger partial charge in [0.1, 0.15) is 5.75 Å². The molecule has 4 aliphatic rings. The quantitative estimate of drug-likeness (QED) is 0.665. The van der Waals surface area contributed by atoms with E-state index < -0.39 is 0 Å². The van der Waals surface area contributed by atoms with E-state index in [2.05, 4.69) is 28.0 Å². The summed E-state index contributed by atoms with van der Waals surface area (Å²) in [6.07, 6.45) is 14.0. The van der Waals surface area contributed by atoms with Crippen molar-refractivity contribution in [1.82, 2.24) is 19.8 Å². The zero-order valence-corrected chi connectivity index (χ0v) is 20.5. The third kappa shape index (κ3) is 4.79. The fourth-order valence-corrected chi connectivity index (χ4v) is 5.72. The smallest absolute Gasteiger partial charge is 0.260 e. The van der Waals surface area contributed by atoms with E-state index in [0.717, 1.165) is 75.3 Å². The fourth-order valence-electron chi connectivity index (χ4n) is 5.72. The van der Waals surface area contributed by atoms with Crippen LogP contribution in [0.3, 0.4) is 0 Å². The lowest BCUT2D eigenvalue weighted by molar-refractivity contribution is -0.133. The van der Waals surface area contributed by atoms with Crippen molar-refractivity contribution in [2.24, 2.45) is 0 Å². The predicted molar refractivity (Wildman–Crippen MR) is 137 cm³/mol. The average molecular weight is 474 g/mol. The number of amides is 1. The number of allylic oxidation sites excluding steroid dienone is 1. The number of anilines is 1. The van der Waals surface area contributed by atoms with Crippen molar-refractivity contribution in [3.8, 4) is 5.75 Å². The molecule has 0 unspecified atom stereocenters. The van der Waals surface area contributed by atoms with Gasteiger partial charge in [0.25, 0.3) is 5.91 Å². The van der Waals surface area contributed by atoms with Gasteiger partial charge in [0.2, 0.25) is 5.95 Å². The van der Waals surface area contributed by atoms with Crippen LogP contribution in [-0.2, 0) is 24.1 Å². The molecule has 1 amide bonds. The zero-order valence-electron chi connectivity index (χ0n) is 20.5. The Labute approximate surface area is 207 Å². The molecule has 6 rings (SSSR count). The van der Waals surface area contributed by atoms with E-state index in [9.17, 15) is 4.79 Å². The molecule has 2 fully saturated rings. The highest BCUT2D eigenvalue weighted by atomic mass is 16.5. The van der Waals surface area contributed by atoms with E-state index in [4.69, 9.17) is 14.7 Å². The number of hydrogen-bond donors (Lipinski definition) is 0. The van der Waals surface area contributed by atoms with E-state index >= 15 is 0 Å². The van der Waals surface area contributed by atoms with Gasteiger partial charge in [-0.25, -0.2) is 9.97 Å². The highest BCUT2D eigenvalue weighted by Crippen LogP contribution is 2.29. The number of fused-ring (bicyclic) bond motifs is 2. The van der Waals surface area contributed by atoms with Crippen LogP contribution in [-0.4, -0.2) is 77.6 Å². The van der Waals surface area contributed by atoms with E-state index in [1.54, 1.807) is 0 Å². The van der Waals surface area contributed by atoms with Crippen LogP contribution in [0.5, 0.6) is 5.75 Å². The van der Waals surface area contributed by atoms with Crippen LogP contribution < -0.4 is 9.64 Å². The summed E-state index contributed by atoms with van der Waals surface area (Å²) < 4.78 is 6.01. The molecule has 0 N–H and O–H groups in total. The molecule has 7 heteroatoms. The SMILES string of the molecule is O=C(COc1cccc2c1CCC=C2)N1CCc2cnc(N3CCN(C4CCC4)CC3)nc2CC1. The lowest BCUT2D eigenvalue weighted by atomic mass is 9.91. The Morgan fingerprint density at radius 2 is 1.89 bits per heavy atom. The van der Waals surface area contributed by atoms with Crippen molar-refractivity contribution >= 4 is 17.9 Å². The average Bonchev–Trinajstić information content (AvgIpc) is 3.09. The standard InChI is InChI=1S/C28H35N5O2/c34-27(20-35-26-10-3-6-21-5-1-2-9-24(21)26)32-13-11-22-19-29-28(30-25(22)12-14-32)33-17-15-31(16-18-33)23-7-4-8-23/h1,3,5-6,10,19,23H,2,4,7-9,11-18,20H2. The first kappa shape index (κ1) is 22.5. The Morgan fingerprint density at radius 3 is 2.71 bits per heavy atom. The third-order valence-electron chi connectivity index (χ3n) is 8.13. The minimum absolute atomic E-state index is 0.0436. The fraction of sp³-hybridized carbons (Fsp3) is 0.536. The summed E-state index contributed by atoms with van der Waals surface area (Å²) in [6.45, 7) is 5.65. The summed E-state index contributed by atoms with van der Waals surface area (Å²) in [6, 6.07) is 6.89. The van der Waals surface area contributed by atoms with Crippen molar-refractivity contribution < 1.29 is 9.53 Å². The maximum absolute atomic E-state index is 13.0. The van der Waals surface area contributed by atoms with Crippen molar-refractivity contribution in [1.29, 1.82) is 0 Å². The molecule has 0 radical (unpaired) electrons. The molecule has 3 heterocycles. The van der Waals surface area contributed by atoms with Gasteiger partial charge >= 0.3 is 0 Å². The number of hydrogen-bond acceptors (Lipinski definition) is 6. The molecule has 184 valence electrons. The molecular formula is C28H35N5O2. The first-order chi connectivity index (χ1) is 17.2. The summed E-state index contributed by atoms with van der Waals surface area (Å²) in [5.74, 6) is 1.73. The van der Waals surface area contributed by atoms with Crippen LogP contribution in [0.4, 0.5) is 5.95 Å². The second kappa shape index (κ2) is 9.97. The van der Waals surface area contributed by atoms with Crippen LogP contribution in [0.15, 0.2) is 30.5 Å². The summed E-state index contributed by atoms with van der Waals surface area (Å²) in [7, 11) is 0. The topological polar surface area (TPSA) is 61.8 Å². The van der Waals surface area contributed by atoms with Crippen molar-refractivity contribution in [2.75, 3.05) is 50.8 Å². The summed E-state index contributed by atoms with van der Waals surface area (Å²) in [5.41, 5.74) is 4.67. The monoisotopic (exact) mass is 473 g/mol. The van der Waals surface area contributed by atoms with E-state index in [-0.39, 0.29) is 12.5 Å². The van der Waals surface area contributed by atoms with Gasteiger partial charge in [0.05, 0.1) is 5.69 Å². The summed E-state index contributed by atoms with van der Waals surface area (Å²) >= 11 is 0. The zero-order chi connectivity index (χ0) is 23.6. The molecule has 1 aromatic carbocycles. The highest BCUT2D eigenvalue weighted by molar-refractivity contribution is 5.78. The van der Waals surface area contributed by atoms with Gasteiger partial charge in [-0.1, -0.05) is 30.7 Å². The first-order valence-corrected chi connectivity index (χ1v) is 13.3. The van der Waals surface area contributed by atoms with E-state index in [1.165, 1.54) is 36.0 Å². The normalized spacial score (nSPS) is 20.6. The van der Waals surface area contributed by atoms with E-state index in [1.807, 2.05) is 23.2 Å². The molecule has 0 spiro atoms. The Bertz CT molecular complexity index is 1100. The lowest BCUT2D eigenvalue weighted by Gasteiger charge is -2.43. The molecule has 2 aromatic rings. The van der Waals surface area contributed by atoms with Gasteiger partial charge in [-0.15, -0.1) is 0 Å². The Hall–Kier alpha value is -2.93. The second-order valence-electron chi connectivity index (χ2n) is 10.2. The molecular weight excluding hydrogens is 438 g/mol. The predicted octanol–water partition coefficient (Wildman–Crippen LogP) is 3.12. The minimum atomic E-state index is 0.0436.